The zero-order valence-corrected chi connectivity index (χ0v) is 23.2. The fourth-order valence-electron chi connectivity index (χ4n) is 5.08. The molecule has 0 spiro atoms. The van der Waals surface area contributed by atoms with Crippen LogP contribution in [0.5, 0.6) is 0 Å². The molecule has 3 unspecified atom stereocenters. The third kappa shape index (κ3) is 5.05. The van der Waals surface area contributed by atoms with Gasteiger partial charge in [-0.05, 0) is 0 Å². The predicted molar refractivity (Wildman–Crippen MR) is 146 cm³/mol. The van der Waals surface area contributed by atoms with Gasteiger partial charge in [0.2, 0.25) is 0 Å². The molecule has 0 radical (unpaired) electrons. The number of alkyl halides is 2. The highest BCUT2D eigenvalue weighted by Gasteiger charge is 2.54. The minimum Gasteiger partial charge on any atom is -0.382 e. The number of aromatic nitrogens is 8. The van der Waals surface area contributed by atoms with Gasteiger partial charge in [0.05, 0.1) is 33.4 Å². The number of nitrogens with zero attached hydrogens (tertiary/aromatic N) is 8. The molecular weight excluding hydrogens is 635 g/mol. The highest BCUT2D eigenvalue weighted by Crippen LogP contribution is 2.54. The van der Waals surface area contributed by atoms with Crippen molar-refractivity contribution < 1.29 is 50.4 Å². The second-order valence-electron chi connectivity index (χ2n) is 9.61. The molecule has 4 aromatic rings. The summed E-state index contributed by atoms with van der Waals surface area (Å²) >= 11 is 0. The molecule has 4 aromatic heterocycles. The number of halogens is 2. The molecule has 0 saturated carbocycles. The quantitative estimate of drug-likeness (QED) is 0.184. The molecule has 3 fully saturated rings. The van der Waals surface area contributed by atoms with Crippen molar-refractivity contribution in [1.82, 2.24) is 39.0 Å². The van der Waals surface area contributed by atoms with Crippen LogP contribution in [0.25, 0.3) is 22.3 Å². The Bertz CT molecular complexity index is 1710. The van der Waals surface area contributed by atoms with Crippen molar-refractivity contribution in [2.45, 2.75) is 49.2 Å². The molecule has 7 rings (SSSR count). The maximum atomic E-state index is 16.0. The number of nitrogen functional groups attached to an aromatic ring is 2. The van der Waals surface area contributed by atoms with Gasteiger partial charge in [-0.25, -0.2) is 43.2 Å². The normalized spacial score (nSPS) is 38.3. The molecule has 0 aliphatic carbocycles. The number of phosphoric ester groups is 1. The standard InChI is InChI=1S/C20H24BF2N10O9P2/c21-43(34)37-1-7-14(10(23)20(39-7)33-6-31-12-16(25)27-4-29-18(12)33)42-44(35,36)38-2-8-13(41-43)9(22)19(40-8)32-5-30-11-15(24)26-3-28-17(11)32/h3-10,13-14,19-20H,1-2H2,21H3,(H,35,36)(H2,24,26,28)(H2,25,27,29)/q-1/t7-,8-,9-,10-,13-,14?,19-,20-,43?/m1/s1. The lowest BCUT2D eigenvalue weighted by molar-refractivity contribution is -0.0607. The van der Waals surface area contributed by atoms with Crippen molar-refractivity contribution >= 4 is 56.8 Å². The summed E-state index contributed by atoms with van der Waals surface area (Å²) in [5.41, 5.74) is 12.3. The number of imidazole rings is 2. The molecule has 3 aliphatic rings. The van der Waals surface area contributed by atoms with Crippen LogP contribution in [0.3, 0.4) is 0 Å². The molecule has 3 aliphatic heterocycles. The van der Waals surface area contributed by atoms with E-state index in [1.807, 2.05) is 0 Å². The number of fused-ring (bicyclic) bond motifs is 4. The number of hydrogen-bond donors (Lipinski definition) is 3. The van der Waals surface area contributed by atoms with Crippen molar-refractivity contribution in [3.63, 3.8) is 0 Å². The van der Waals surface area contributed by atoms with E-state index >= 15 is 8.78 Å². The maximum Gasteiger partial charge on any atom is 0.472 e. The molecular formula is C20H24BF2N10O9P2-. The number of ether oxygens (including phenoxy) is 2. The highest BCUT2D eigenvalue weighted by atomic mass is 31.2. The third-order valence-electron chi connectivity index (χ3n) is 7.07. The van der Waals surface area contributed by atoms with Crippen LogP contribution in [0.2, 0.25) is 0 Å². The summed E-state index contributed by atoms with van der Waals surface area (Å²) in [6.07, 6.45) is -8.30. The van der Waals surface area contributed by atoms with Gasteiger partial charge in [0.25, 0.3) is 0 Å². The molecule has 5 N–H and O–H groups in total. The zero-order valence-electron chi connectivity index (χ0n) is 21.4. The van der Waals surface area contributed by atoms with E-state index in [1.165, 1.54) is 21.8 Å². The largest absolute Gasteiger partial charge is 0.472 e. The van der Waals surface area contributed by atoms with Gasteiger partial charge in [-0.1, -0.05) is 0 Å². The smallest absolute Gasteiger partial charge is 0.382 e. The van der Waals surface area contributed by atoms with Gasteiger partial charge >= 0.3 is 7.82 Å². The highest BCUT2D eigenvalue weighted by molar-refractivity contribution is 7.79. The first-order valence-electron chi connectivity index (χ1n) is 12.5. The zero-order chi connectivity index (χ0) is 31.0. The van der Waals surface area contributed by atoms with E-state index in [2.05, 4.69) is 29.9 Å². The Morgan fingerprint density at radius 3 is 1.80 bits per heavy atom. The lowest BCUT2D eigenvalue weighted by atomic mass is 10.1. The van der Waals surface area contributed by atoms with E-state index in [1.54, 1.807) is 0 Å². The Labute approximate surface area is 245 Å². The molecule has 3 saturated heterocycles. The van der Waals surface area contributed by atoms with Gasteiger partial charge in [0, 0.05) is 0 Å². The van der Waals surface area contributed by atoms with Gasteiger partial charge in [0.15, 0.2) is 47.7 Å². The Kier molecular flexibility index (Phi) is 7.18. The van der Waals surface area contributed by atoms with Crippen LogP contribution in [0.4, 0.5) is 20.4 Å². The minimum absolute atomic E-state index is 0.0410. The van der Waals surface area contributed by atoms with E-state index in [-0.39, 0.29) is 34.0 Å². The Morgan fingerprint density at radius 2 is 1.27 bits per heavy atom. The first-order chi connectivity index (χ1) is 20.9. The predicted octanol–water partition coefficient (Wildman–Crippen LogP) is -0.307. The van der Waals surface area contributed by atoms with E-state index in [9.17, 15) is 14.0 Å². The van der Waals surface area contributed by atoms with E-state index in [4.69, 9.17) is 39.0 Å². The van der Waals surface area contributed by atoms with Gasteiger partial charge in [-0.3, -0.25) is 18.2 Å². The number of phosphoric acid groups is 1. The summed E-state index contributed by atoms with van der Waals surface area (Å²) in [4.78, 5) is 34.6. The minimum atomic E-state index is -5.05. The SMILES string of the molecule is [BH3-]P1(=O)OC[C@H]2O[C@@H](n3cnc4c(N)ncnc43)[C@H](F)C2OP(=O)(O)OC[C@H]2O[C@@H](n3cnc4c(N)ncnc43)[C@H](F)[C@@H]2O1. The maximum absolute atomic E-state index is 16.0. The molecule has 0 bridgehead atoms. The molecule has 0 aromatic carbocycles. The monoisotopic (exact) mass is 659 g/mol. The summed E-state index contributed by atoms with van der Waals surface area (Å²) in [6, 6.07) is 0. The van der Waals surface area contributed by atoms with Gasteiger partial charge < -0.3 is 39.4 Å². The van der Waals surface area contributed by atoms with Crippen molar-refractivity contribution in [1.29, 1.82) is 0 Å². The fourth-order valence-corrected chi connectivity index (χ4v) is 6.82. The fraction of sp³-hybridized carbons (Fsp3) is 0.500. The average Bonchev–Trinajstić information content (AvgIpc) is 3.73. The molecule has 24 heteroatoms. The first kappa shape index (κ1) is 29.5. The number of anilines is 2. The van der Waals surface area contributed by atoms with Gasteiger partial charge in [-0.15, -0.1) is 0 Å². The summed E-state index contributed by atoms with van der Waals surface area (Å²) in [5.74, 6) is 0.0907. The Morgan fingerprint density at radius 1 is 0.795 bits per heavy atom. The Balaban J connectivity index is 1.17. The average molecular weight is 659 g/mol. The van der Waals surface area contributed by atoms with Crippen molar-refractivity contribution in [3.8, 4) is 0 Å². The number of nitrogens with two attached hydrogens (primary N) is 2. The van der Waals surface area contributed by atoms with Crippen LogP contribution in [-0.2, 0) is 36.7 Å². The lowest BCUT2D eigenvalue weighted by Crippen LogP contribution is -2.37. The summed E-state index contributed by atoms with van der Waals surface area (Å²) in [6.45, 7) is -1.35. The molecule has 44 heavy (non-hydrogen) atoms. The molecule has 19 nitrogen and oxygen atoms in total. The van der Waals surface area contributed by atoms with Crippen LogP contribution in [0.1, 0.15) is 12.5 Å². The molecule has 10 atom stereocenters. The van der Waals surface area contributed by atoms with E-state index in [0.717, 1.165) is 12.7 Å². The van der Waals surface area contributed by atoms with Gasteiger partial charge in [-0.2, -0.15) is 0 Å². The number of hydrogen-bond acceptors (Lipinski definition) is 16. The van der Waals surface area contributed by atoms with Crippen molar-refractivity contribution in [3.05, 3.63) is 25.3 Å². The van der Waals surface area contributed by atoms with Crippen LogP contribution >= 0.6 is 15.3 Å². The number of rotatable bonds is 2. The van der Waals surface area contributed by atoms with Crippen LogP contribution < -0.4 is 11.5 Å². The second-order valence-corrected chi connectivity index (χ2v) is 11.9. The summed E-state index contributed by atoms with van der Waals surface area (Å²) in [5, 5.41) is 0. The van der Waals surface area contributed by atoms with Crippen molar-refractivity contribution in [2.75, 3.05) is 24.7 Å². The van der Waals surface area contributed by atoms with Crippen LogP contribution in [-0.4, -0.2) is 101 Å². The van der Waals surface area contributed by atoms with Gasteiger partial charge in [0.1, 0.15) is 55.6 Å². The topological polar surface area (TPSA) is 249 Å². The molecule has 7 heterocycles. The third-order valence-corrected chi connectivity index (χ3v) is 8.83. The molecule has 236 valence electrons. The Hall–Kier alpha value is -3.20. The van der Waals surface area contributed by atoms with Crippen molar-refractivity contribution in [2.24, 2.45) is 0 Å². The summed E-state index contributed by atoms with van der Waals surface area (Å²) < 4.78 is 94.2. The van der Waals surface area contributed by atoms with Crippen LogP contribution in [0, 0.1) is 0 Å². The second kappa shape index (κ2) is 10.7. The van der Waals surface area contributed by atoms with E-state index < -0.39 is 85.3 Å². The van der Waals surface area contributed by atoms with E-state index in [0.29, 0.717) is 0 Å². The van der Waals surface area contributed by atoms with Crippen LogP contribution in [0.15, 0.2) is 25.3 Å². The summed E-state index contributed by atoms with van der Waals surface area (Å²) in [7, 11) is -10.2. The molecule has 0 amide bonds. The lowest BCUT2D eigenvalue weighted by Gasteiger charge is -2.30. The first-order valence-corrected chi connectivity index (χ1v) is 15.1.